The summed E-state index contributed by atoms with van der Waals surface area (Å²) in [6.45, 7) is 1.74. The number of carbonyl (C=O) groups is 2. The Morgan fingerprint density at radius 1 is 1.58 bits per heavy atom. The number of hydrogen-bond donors (Lipinski definition) is 4. The number of urea groups is 1. The minimum Gasteiger partial charge on any atom is -0.480 e. The molecule has 0 saturated carbocycles. The molecule has 0 saturated heterocycles. The van der Waals surface area contributed by atoms with Gasteiger partial charge in [0.25, 0.3) is 0 Å². The second-order valence-electron chi connectivity index (χ2n) is 4.10. The molecule has 1 aromatic rings. The quantitative estimate of drug-likeness (QED) is 0.547. The predicted octanol–water partition coefficient (Wildman–Crippen LogP) is 0.116. The van der Waals surface area contributed by atoms with Crippen molar-refractivity contribution >= 4 is 12.0 Å². The van der Waals surface area contributed by atoms with Crippen LogP contribution in [0.25, 0.3) is 0 Å². The first-order chi connectivity index (χ1) is 9.02. The number of hydrogen-bond acceptors (Lipinski definition) is 3. The third-order valence-corrected chi connectivity index (χ3v) is 2.38. The number of aromatic nitrogens is 2. The van der Waals surface area contributed by atoms with E-state index in [1.54, 1.807) is 6.92 Å². The summed E-state index contributed by atoms with van der Waals surface area (Å²) in [5.41, 5.74) is 0.629. The molecule has 0 aliphatic carbocycles. The predicted molar refractivity (Wildman–Crippen MR) is 68.3 cm³/mol. The molecule has 0 aliphatic heterocycles. The van der Waals surface area contributed by atoms with Crippen molar-refractivity contribution in [2.45, 2.75) is 31.8 Å². The fourth-order valence-electron chi connectivity index (χ4n) is 1.47. The average molecular weight is 264 g/mol. The number of aromatic amines is 1. The SMILES string of the molecule is C#CCC(C)NC(=O)N[C@@H](Cc1cnc[nH]1)C(=O)O. The lowest BCUT2D eigenvalue weighted by Crippen LogP contribution is -2.49. The van der Waals surface area contributed by atoms with E-state index in [0.717, 1.165) is 0 Å². The molecule has 1 aromatic heterocycles. The zero-order valence-electron chi connectivity index (χ0n) is 10.5. The number of nitrogens with one attached hydrogen (secondary N) is 3. The van der Waals surface area contributed by atoms with Gasteiger partial charge in [-0.25, -0.2) is 14.6 Å². The van der Waals surface area contributed by atoms with Gasteiger partial charge in [-0.3, -0.25) is 0 Å². The van der Waals surface area contributed by atoms with Gasteiger partial charge in [-0.05, 0) is 6.92 Å². The Balaban J connectivity index is 2.52. The van der Waals surface area contributed by atoms with Crippen LogP contribution in [0.5, 0.6) is 0 Å². The third kappa shape index (κ3) is 5.12. The lowest BCUT2D eigenvalue weighted by molar-refractivity contribution is -0.139. The third-order valence-electron chi connectivity index (χ3n) is 2.38. The summed E-state index contributed by atoms with van der Waals surface area (Å²) in [4.78, 5) is 29.2. The molecule has 0 radical (unpaired) electrons. The van der Waals surface area contributed by atoms with Gasteiger partial charge < -0.3 is 20.7 Å². The second-order valence-corrected chi connectivity index (χ2v) is 4.10. The Labute approximate surface area is 110 Å². The van der Waals surface area contributed by atoms with Crippen LogP contribution >= 0.6 is 0 Å². The highest BCUT2D eigenvalue weighted by Crippen LogP contribution is 1.99. The molecule has 4 N–H and O–H groups in total. The first kappa shape index (κ1) is 14.6. The number of imidazole rings is 1. The minimum absolute atomic E-state index is 0.131. The number of amides is 2. The van der Waals surface area contributed by atoms with Crippen LogP contribution < -0.4 is 10.6 Å². The van der Waals surface area contributed by atoms with Crippen LogP contribution in [0.1, 0.15) is 19.0 Å². The largest absolute Gasteiger partial charge is 0.480 e. The fourth-order valence-corrected chi connectivity index (χ4v) is 1.47. The van der Waals surface area contributed by atoms with E-state index in [1.807, 2.05) is 0 Å². The summed E-state index contributed by atoms with van der Waals surface area (Å²) in [6.07, 6.45) is 8.59. The van der Waals surface area contributed by atoms with Crippen molar-refractivity contribution in [3.8, 4) is 12.3 Å². The first-order valence-electron chi connectivity index (χ1n) is 5.73. The van der Waals surface area contributed by atoms with Crippen LogP contribution in [-0.2, 0) is 11.2 Å². The van der Waals surface area contributed by atoms with Crippen molar-refractivity contribution < 1.29 is 14.7 Å². The second kappa shape index (κ2) is 7.06. The van der Waals surface area contributed by atoms with Crippen LogP contribution in [-0.4, -0.2) is 39.2 Å². The molecule has 7 nitrogen and oxygen atoms in total. The van der Waals surface area contributed by atoms with Gasteiger partial charge in [0, 0.05) is 30.8 Å². The number of nitrogens with zero attached hydrogens (tertiary/aromatic N) is 1. The number of carboxylic acids is 1. The van der Waals surface area contributed by atoms with Gasteiger partial charge in [0.15, 0.2) is 0 Å². The van der Waals surface area contributed by atoms with Crippen LogP contribution in [0.4, 0.5) is 4.79 Å². The molecule has 1 heterocycles. The van der Waals surface area contributed by atoms with E-state index < -0.39 is 18.0 Å². The lowest BCUT2D eigenvalue weighted by Gasteiger charge is -2.16. The van der Waals surface area contributed by atoms with Gasteiger partial charge in [-0.15, -0.1) is 12.3 Å². The molecule has 2 atom stereocenters. The normalized spacial score (nSPS) is 13.1. The lowest BCUT2D eigenvalue weighted by atomic mass is 10.1. The van der Waals surface area contributed by atoms with Crippen molar-refractivity contribution in [3.05, 3.63) is 18.2 Å². The maximum atomic E-state index is 11.6. The summed E-state index contributed by atoms with van der Waals surface area (Å²) in [6, 6.07) is -1.81. The van der Waals surface area contributed by atoms with Crippen LogP contribution in [0.2, 0.25) is 0 Å². The van der Waals surface area contributed by atoms with E-state index in [4.69, 9.17) is 11.5 Å². The molecule has 1 unspecified atom stereocenters. The summed E-state index contributed by atoms with van der Waals surface area (Å²) in [5.74, 6) is 1.30. The smallest absolute Gasteiger partial charge is 0.326 e. The molecule has 0 aromatic carbocycles. The summed E-state index contributed by atoms with van der Waals surface area (Å²) >= 11 is 0. The van der Waals surface area contributed by atoms with Gasteiger partial charge in [-0.2, -0.15) is 0 Å². The number of aliphatic carboxylic acids is 1. The Bertz CT molecular complexity index is 464. The molecule has 102 valence electrons. The van der Waals surface area contributed by atoms with E-state index in [1.165, 1.54) is 12.5 Å². The minimum atomic E-state index is -1.12. The highest BCUT2D eigenvalue weighted by molar-refractivity contribution is 5.82. The zero-order valence-corrected chi connectivity index (χ0v) is 10.5. The number of carboxylic acid groups (broad SMARTS) is 1. The summed E-state index contributed by atoms with van der Waals surface area (Å²) in [7, 11) is 0. The van der Waals surface area contributed by atoms with Gasteiger partial charge in [-0.1, -0.05) is 0 Å². The molecule has 0 bridgehead atoms. The van der Waals surface area contributed by atoms with Crippen LogP contribution in [0.15, 0.2) is 12.5 Å². The number of rotatable bonds is 6. The molecule has 0 spiro atoms. The standard InChI is InChI=1S/C12H16N4O3/c1-3-4-8(2)15-12(19)16-10(11(17)18)5-9-6-13-7-14-9/h1,6-8,10H,4-5H2,2H3,(H,13,14)(H,17,18)(H2,15,16,19)/t8?,10-/m0/s1. The van der Waals surface area contributed by atoms with Crippen molar-refractivity contribution in [1.29, 1.82) is 0 Å². The monoisotopic (exact) mass is 264 g/mol. The van der Waals surface area contributed by atoms with E-state index in [-0.39, 0.29) is 12.5 Å². The molecule has 1 rings (SSSR count). The van der Waals surface area contributed by atoms with Crippen molar-refractivity contribution in [3.63, 3.8) is 0 Å². The first-order valence-corrected chi connectivity index (χ1v) is 5.73. The molecule has 0 fully saturated rings. The van der Waals surface area contributed by atoms with Crippen LogP contribution in [0.3, 0.4) is 0 Å². The van der Waals surface area contributed by atoms with Gasteiger partial charge in [0.2, 0.25) is 0 Å². The van der Waals surface area contributed by atoms with E-state index in [9.17, 15) is 9.59 Å². The maximum Gasteiger partial charge on any atom is 0.326 e. The Morgan fingerprint density at radius 3 is 2.84 bits per heavy atom. The van der Waals surface area contributed by atoms with Gasteiger partial charge in [0.05, 0.1) is 6.33 Å². The average Bonchev–Trinajstić information content (AvgIpc) is 2.80. The van der Waals surface area contributed by atoms with Crippen molar-refractivity contribution in [2.24, 2.45) is 0 Å². The summed E-state index contributed by atoms with van der Waals surface area (Å²) in [5, 5.41) is 14.0. The zero-order chi connectivity index (χ0) is 14.3. The number of carbonyl (C=O) groups excluding carboxylic acids is 1. The Kier molecular flexibility index (Phi) is 5.41. The van der Waals surface area contributed by atoms with Crippen LogP contribution in [0, 0.1) is 12.3 Å². The van der Waals surface area contributed by atoms with Gasteiger partial charge >= 0.3 is 12.0 Å². The highest BCUT2D eigenvalue weighted by atomic mass is 16.4. The molecular formula is C12H16N4O3. The van der Waals surface area contributed by atoms with Gasteiger partial charge in [0.1, 0.15) is 6.04 Å². The van der Waals surface area contributed by atoms with E-state index >= 15 is 0 Å². The Morgan fingerprint density at radius 2 is 2.32 bits per heavy atom. The topological polar surface area (TPSA) is 107 Å². The van der Waals surface area contributed by atoms with Crippen molar-refractivity contribution in [2.75, 3.05) is 0 Å². The number of terminal acetylenes is 1. The molecule has 7 heteroatoms. The van der Waals surface area contributed by atoms with E-state index in [0.29, 0.717) is 12.1 Å². The molecule has 0 aliphatic rings. The maximum absolute atomic E-state index is 11.6. The van der Waals surface area contributed by atoms with E-state index in [2.05, 4.69) is 26.5 Å². The molecular weight excluding hydrogens is 248 g/mol. The molecule has 19 heavy (non-hydrogen) atoms. The van der Waals surface area contributed by atoms with Crippen molar-refractivity contribution in [1.82, 2.24) is 20.6 Å². The Hall–Kier alpha value is -2.49. The fraction of sp³-hybridized carbons (Fsp3) is 0.417. The molecule has 2 amide bonds. The summed E-state index contributed by atoms with van der Waals surface area (Å²) < 4.78 is 0. The highest BCUT2D eigenvalue weighted by Gasteiger charge is 2.21. The number of H-pyrrole nitrogens is 1.